The van der Waals surface area contributed by atoms with Gasteiger partial charge in [-0.3, -0.25) is 4.79 Å². The number of fused-ring (bicyclic) bond motifs is 1. The number of likely N-dealkylation sites (N-methyl/N-ethyl adjacent to an activating group) is 1. The molecule has 0 bridgehead atoms. The van der Waals surface area contributed by atoms with Gasteiger partial charge in [0.25, 0.3) is 5.91 Å². The number of carbonyl (C=O) groups excluding carboxylic acids is 1. The molecule has 0 atom stereocenters. The summed E-state index contributed by atoms with van der Waals surface area (Å²) in [5, 5.41) is 6.10. The van der Waals surface area contributed by atoms with Gasteiger partial charge < -0.3 is 15.4 Å². The van der Waals surface area contributed by atoms with E-state index in [1.807, 2.05) is 49.5 Å². The van der Waals surface area contributed by atoms with Gasteiger partial charge >= 0.3 is 0 Å². The average Bonchev–Trinajstić information content (AvgIpc) is 3.00. The lowest BCUT2D eigenvalue weighted by Crippen LogP contribution is -2.17. The molecule has 0 aliphatic carbocycles. The summed E-state index contributed by atoms with van der Waals surface area (Å²) in [6.07, 6.45) is 1.73. The fourth-order valence-corrected chi connectivity index (χ4v) is 2.68. The first kappa shape index (κ1) is 14.6. The van der Waals surface area contributed by atoms with Gasteiger partial charge in [0.05, 0.1) is 6.61 Å². The van der Waals surface area contributed by atoms with Crippen molar-refractivity contribution in [3.05, 3.63) is 59.2 Å². The zero-order valence-electron chi connectivity index (χ0n) is 12.7. The molecule has 1 heterocycles. The van der Waals surface area contributed by atoms with Gasteiger partial charge in [-0.05, 0) is 55.4 Å². The monoisotopic (exact) mass is 296 g/mol. The van der Waals surface area contributed by atoms with Crippen LogP contribution in [0, 0.1) is 0 Å². The van der Waals surface area contributed by atoms with E-state index in [-0.39, 0.29) is 5.91 Å². The van der Waals surface area contributed by atoms with Crippen molar-refractivity contribution in [2.45, 2.75) is 12.8 Å². The number of nitrogens with one attached hydrogen (secondary N) is 2. The van der Waals surface area contributed by atoms with Crippen LogP contribution < -0.4 is 15.4 Å². The van der Waals surface area contributed by atoms with Crippen LogP contribution in [-0.2, 0) is 12.8 Å². The molecule has 0 saturated heterocycles. The van der Waals surface area contributed by atoms with Crippen molar-refractivity contribution in [3.8, 4) is 5.75 Å². The van der Waals surface area contributed by atoms with Crippen LogP contribution in [0.25, 0.3) is 0 Å². The third-order valence-electron chi connectivity index (χ3n) is 3.85. The molecule has 0 unspecified atom stereocenters. The van der Waals surface area contributed by atoms with E-state index in [1.54, 1.807) is 0 Å². The van der Waals surface area contributed by atoms with E-state index >= 15 is 0 Å². The Morgan fingerprint density at radius 1 is 1.23 bits per heavy atom. The summed E-state index contributed by atoms with van der Waals surface area (Å²) in [6.45, 7) is 1.57. The lowest BCUT2D eigenvalue weighted by atomic mass is 10.0. The zero-order chi connectivity index (χ0) is 15.4. The van der Waals surface area contributed by atoms with Crippen molar-refractivity contribution in [1.29, 1.82) is 0 Å². The van der Waals surface area contributed by atoms with Crippen molar-refractivity contribution < 1.29 is 9.53 Å². The highest BCUT2D eigenvalue weighted by molar-refractivity contribution is 6.05. The summed E-state index contributed by atoms with van der Waals surface area (Å²) in [5.74, 6) is 0.859. The summed E-state index contributed by atoms with van der Waals surface area (Å²) in [4.78, 5) is 12.5. The van der Waals surface area contributed by atoms with Crippen molar-refractivity contribution in [2.75, 3.05) is 25.5 Å². The van der Waals surface area contributed by atoms with E-state index in [4.69, 9.17) is 4.74 Å². The van der Waals surface area contributed by atoms with Crippen LogP contribution in [0.1, 0.15) is 21.5 Å². The maximum atomic E-state index is 12.5. The molecule has 0 spiro atoms. The molecule has 2 aromatic carbocycles. The van der Waals surface area contributed by atoms with Crippen LogP contribution in [0.3, 0.4) is 0 Å². The molecule has 2 N–H and O–H groups in total. The number of ether oxygens (including phenoxy) is 1. The summed E-state index contributed by atoms with van der Waals surface area (Å²) in [7, 11) is 1.91. The standard InChI is InChI=1S/C18H20N2O2/c1-19-10-8-13-4-2-3-5-16(13)18(21)20-15-6-7-17-14(12-15)9-11-22-17/h2-7,12,19H,8-11H2,1H3,(H,20,21). The highest BCUT2D eigenvalue weighted by Crippen LogP contribution is 2.28. The fraction of sp³-hybridized carbons (Fsp3) is 0.278. The Balaban J connectivity index is 1.77. The summed E-state index contributed by atoms with van der Waals surface area (Å²) >= 11 is 0. The highest BCUT2D eigenvalue weighted by Gasteiger charge is 2.14. The van der Waals surface area contributed by atoms with E-state index in [0.29, 0.717) is 0 Å². The molecule has 22 heavy (non-hydrogen) atoms. The lowest BCUT2D eigenvalue weighted by molar-refractivity contribution is 0.102. The number of benzene rings is 2. The quantitative estimate of drug-likeness (QED) is 0.892. The van der Waals surface area contributed by atoms with E-state index < -0.39 is 0 Å². The minimum atomic E-state index is -0.0643. The van der Waals surface area contributed by atoms with Crippen molar-refractivity contribution >= 4 is 11.6 Å². The topological polar surface area (TPSA) is 50.4 Å². The van der Waals surface area contributed by atoms with E-state index in [1.165, 1.54) is 0 Å². The lowest BCUT2D eigenvalue weighted by Gasteiger charge is -2.11. The van der Waals surface area contributed by atoms with Crippen molar-refractivity contribution in [3.63, 3.8) is 0 Å². The number of rotatable bonds is 5. The minimum absolute atomic E-state index is 0.0643. The first-order chi connectivity index (χ1) is 10.8. The maximum absolute atomic E-state index is 12.5. The first-order valence-electron chi connectivity index (χ1n) is 7.57. The second-order valence-electron chi connectivity index (χ2n) is 5.39. The number of amides is 1. The summed E-state index contributed by atoms with van der Waals surface area (Å²) in [5.41, 5.74) is 3.76. The SMILES string of the molecule is CNCCc1ccccc1C(=O)Nc1ccc2c(c1)CCO2. The Morgan fingerprint density at radius 3 is 2.95 bits per heavy atom. The van der Waals surface area contributed by atoms with Crippen LogP contribution in [0.15, 0.2) is 42.5 Å². The van der Waals surface area contributed by atoms with E-state index in [0.717, 1.165) is 54.1 Å². The number of anilines is 1. The van der Waals surface area contributed by atoms with Crippen molar-refractivity contribution in [2.24, 2.45) is 0 Å². The number of hydrogen-bond donors (Lipinski definition) is 2. The summed E-state index contributed by atoms with van der Waals surface area (Å²) in [6, 6.07) is 13.5. The molecule has 4 heteroatoms. The third-order valence-corrected chi connectivity index (χ3v) is 3.85. The smallest absolute Gasteiger partial charge is 0.255 e. The van der Waals surface area contributed by atoms with Gasteiger partial charge in [-0.1, -0.05) is 18.2 Å². The van der Waals surface area contributed by atoms with Crippen LogP contribution in [-0.4, -0.2) is 26.1 Å². The van der Waals surface area contributed by atoms with E-state index in [9.17, 15) is 4.79 Å². The molecule has 1 amide bonds. The van der Waals surface area contributed by atoms with Crippen LogP contribution in [0.2, 0.25) is 0 Å². The van der Waals surface area contributed by atoms with Crippen LogP contribution >= 0.6 is 0 Å². The van der Waals surface area contributed by atoms with Gasteiger partial charge in [0.1, 0.15) is 5.75 Å². The number of hydrogen-bond acceptors (Lipinski definition) is 3. The van der Waals surface area contributed by atoms with Crippen molar-refractivity contribution in [1.82, 2.24) is 5.32 Å². The van der Waals surface area contributed by atoms with Gasteiger partial charge in [-0.15, -0.1) is 0 Å². The Morgan fingerprint density at radius 2 is 2.09 bits per heavy atom. The largest absolute Gasteiger partial charge is 0.493 e. The molecule has 3 rings (SSSR count). The van der Waals surface area contributed by atoms with Crippen LogP contribution in [0.4, 0.5) is 5.69 Å². The van der Waals surface area contributed by atoms with Gasteiger partial charge in [-0.25, -0.2) is 0 Å². The Bertz CT molecular complexity index is 683. The second-order valence-corrected chi connectivity index (χ2v) is 5.39. The molecule has 0 saturated carbocycles. The van der Waals surface area contributed by atoms with Gasteiger partial charge in [-0.2, -0.15) is 0 Å². The van der Waals surface area contributed by atoms with Gasteiger partial charge in [0, 0.05) is 17.7 Å². The number of carbonyl (C=O) groups is 1. The van der Waals surface area contributed by atoms with Gasteiger partial charge in [0.2, 0.25) is 0 Å². The van der Waals surface area contributed by atoms with E-state index in [2.05, 4.69) is 10.6 Å². The first-order valence-corrected chi connectivity index (χ1v) is 7.57. The summed E-state index contributed by atoms with van der Waals surface area (Å²) < 4.78 is 5.49. The Kier molecular flexibility index (Phi) is 4.39. The molecule has 2 aromatic rings. The molecule has 1 aliphatic rings. The normalized spacial score (nSPS) is 12.6. The van der Waals surface area contributed by atoms with Gasteiger partial charge in [0.15, 0.2) is 0 Å². The molecule has 4 nitrogen and oxygen atoms in total. The predicted molar refractivity (Wildman–Crippen MR) is 87.7 cm³/mol. The maximum Gasteiger partial charge on any atom is 0.255 e. The predicted octanol–water partition coefficient (Wildman–Crippen LogP) is 2.64. The Hall–Kier alpha value is -2.33. The highest BCUT2D eigenvalue weighted by atomic mass is 16.5. The average molecular weight is 296 g/mol. The molecule has 0 fully saturated rings. The minimum Gasteiger partial charge on any atom is -0.493 e. The molecular weight excluding hydrogens is 276 g/mol. The molecule has 1 aliphatic heterocycles. The molecular formula is C18H20N2O2. The fourth-order valence-electron chi connectivity index (χ4n) is 2.68. The Labute approximate surface area is 130 Å². The third kappa shape index (κ3) is 3.12. The molecule has 0 aromatic heterocycles. The second kappa shape index (κ2) is 6.62. The zero-order valence-corrected chi connectivity index (χ0v) is 12.7. The molecule has 114 valence electrons. The van der Waals surface area contributed by atoms with Crippen LogP contribution in [0.5, 0.6) is 5.75 Å². The molecule has 0 radical (unpaired) electrons.